The second-order valence-electron chi connectivity index (χ2n) is 8.11. The fraction of sp³-hybridized carbons (Fsp3) is 0.391. The summed E-state index contributed by atoms with van der Waals surface area (Å²) in [6.07, 6.45) is 0. The molecule has 2 aromatic rings. The highest BCUT2D eigenvalue weighted by atomic mass is 16.3. The van der Waals surface area contributed by atoms with Crippen LogP contribution in [0, 0.1) is 0 Å². The highest BCUT2D eigenvalue weighted by Gasteiger charge is 2.38. The fourth-order valence-corrected chi connectivity index (χ4v) is 4.44. The van der Waals surface area contributed by atoms with Crippen molar-refractivity contribution in [3.05, 3.63) is 46.5 Å². The van der Waals surface area contributed by atoms with E-state index in [0.717, 1.165) is 31.9 Å². The zero-order chi connectivity index (χ0) is 21.6. The van der Waals surface area contributed by atoms with Crippen LogP contribution in [0.2, 0.25) is 0 Å². The lowest BCUT2D eigenvalue weighted by Gasteiger charge is -2.36. The summed E-state index contributed by atoms with van der Waals surface area (Å²) in [6.45, 7) is 5.94. The molecule has 158 valence electrons. The summed E-state index contributed by atoms with van der Waals surface area (Å²) in [7, 11) is 5.74. The lowest BCUT2D eigenvalue weighted by atomic mass is 9.81. The number of carbonyl (C=O) groups excluding carboxylic acids is 2. The van der Waals surface area contributed by atoms with E-state index in [1.807, 2.05) is 38.1 Å². The molecule has 2 aliphatic rings. The monoisotopic (exact) mass is 408 g/mol. The molecule has 0 aromatic heterocycles. The quantitative estimate of drug-likeness (QED) is 0.687. The van der Waals surface area contributed by atoms with Gasteiger partial charge < -0.3 is 25.1 Å². The Labute approximate surface area is 176 Å². The van der Waals surface area contributed by atoms with Gasteiger partial charge in [-0.1, -0.05) is 12.1 Å². The van der Waals surface area contributed by atoms with Gasteiger partial charge in [0.2, 0.25) is 0 Å². The van der Waals surface area contributed by atoms with Crippen LogP contribution in [-0.2, 0) is 0 Å². The van der Waals surface area contributed by atoms with Crippen molar-refractivity contribution in [1.82, 2.24) is 4.90 Å². The maximum Gasteiger partial charge on any atom is 0.200 e. The van der Waals surface area contributed by atoms with Crippen LogP contribution < -0.4 is 15.1 Å². The number of rotatable bonds is 4. The molecule has 0 bridgehead atoms. The molecular weight excluding hydrogens is 380 g/mol. The van der Waals surface area contributed by atoms with Crippen molar-refractivity contribution in [3.8, 4) is 5.75 Å². The van der Waals surface area contributed by atoms with Gasteiger partial charge in [-0.3, -0.25) is 9.59 Å². The molecule has 0 atom stereocenters. The summed E-state index contributed by atoms with van der Waals surface area (Å²) in [5.41, 5.74) is 3.20. The largest absolute Gasteiger partial charge is 0.507 e. The fourth-order valence-electron chi connectivity index (χ4n) is 4.44. The van der Waals surface area contributed by atoms with Crippen molar-refractivity contribution < 1.29 is 14.7 Å². The van der Waals surface area contributed by atoms with Gasteiger partial charge in [0.1, 0.15) is 5.75 Å². The van der Waals surface area contributed by atoms with E-state index in [1.165, 1.54) is 0 Å². The van der Waals surface area contributed by atoms with Gasteiger partial charge in [0, 0.05) is 64.1 Å². The summed E-state index contributed by atoms with van der Waals surface area (Å²) < 4.78 is 0. The normalized spacial score (nSPS) is 16.3. The van der Waals surface area contributed by atoms with E-state index in [1.54, 1.807) is 12.1 Å². The second-order valence-corrected chi connectivity index (χ2v) is 8.11. The van der Waals surface area contributed by atoms with E-state index in [4.69, 9.17) is 0 Å². The van der Waals surface area contributed by atoms with Crippen LogP contribution in [0.25, 0.3) is 0 Å². The number of benzene rings is 2. The molecule has 2 aromatic carbocycles. The van der Waals surface area contributed by atoms with Crippen LogP contribution in [0.3, 0.4) is 0 Å². The van der Waals surface area contributed by atoms with Gasteiger partial charge in [-0.25, -0.2) is 0 Å². The number of hydrogen-bond donors (Lipinski definition) is 2. The molecule has 1 aliphatic carbocycles. The van der Waals surface area contributed by atoms with Crippen LogP contribution in [0.5, 0.6) is 5.75 Å². The van der Waals surface area contributed by atoms with E-state index in [0.29, 0.717) is 29.0 Å². The minimum absolute atomic E-state index is 0.0967. The Kier molecular flexibility index (Phi) is 5.15. The third-order valence-electron chi connectivity index (χ3n) is 5.91. The van der Waals surface area contributed by atoms with Crippen LogP contribution in [0.4, 0.5) is 17.1 Å². The van der Waals surface area contributed by atoms with Crippen molar-refractivity contribution in [3.63, 3.8) is 0 Å². The first-order chi connectivity index (χ1) is 14.3. The number of aromatic hydroxyl groups is 1. The average Bonchev–Trinajstić information content (AvgIpc) is 2.71. The molecule has 1 heterocycles. The predicted molar refractivity (Wildman–Crippen MR) is 120 cm³/mol. The van der Waals surface area contributed by atoms with Gasteiger partial charge >= 0.3 is 0 Å². The number of hydrogen-bond acceptors (Lipinski definition) is 7. The second kappa shape index (κ2) is 7.65. The minimum atomic E-state index is -0.294. The smallest absolute Gasteiger partial charge is 0.200 e. The number of carbonyl (C=O) groups is 2. The number of fused-ring (bicyclic) bond motifs is 2. The molecule has 0 unspecified atom stereocenters. The number of ketones is 2. The van der Waals surface area contributed by atoms with Crippen LogP contribution >= 0.6 is 0 Å². The number of phenols is 1. The van der Waals surface area contributed by atoms with Gasteiger partial charge in [-0.15, -0.1) is 0 Å². The molecule has 4 rings (SSSR count). The number of piperazine rings is 1. The molecule has 2 N–H and O–H groups in total. The number of anilines is 3. The first-order valence-corrected chi connectivity index (χ1v) is 10.3. The van der Waals surface area contributed by atoms with Crippen LogP contribution in [0.1, 0.15) is 38.8 Å². The van der Waals surface area contributed by atoms with Crippen molar-refractivity contribution in [2.45, 2.75) is 6.92 Å². The van der Waals surface area contributed by atoms with E-state index >= 15 is 0 Å². The Bertz CT molecular complexity index is 1020. The molecule has 30 heavy (non-hydrogen) atoms. The van der Waals surface area contributed by atoms with Gasteiger partial charge in [-0.05, 0) is 20.0 Å². The number of nitrogens with one attached hydrogen (secondary N) is 1. The maximum atomic E-state index is 13.7. The van der Waals surface area contributed by atoms with Crippen LogP contribution in [0.15, 0.2) is 24.3 Å². The van der Waals surface area contributed by atoms with Gasteiger partial charge in [0.25, 0.3) is 0 Å². The molecule has 1 fully saturated rings. The molecule has 0 amide bonds. The van der Waals surface area contributed by atoms with Gasteiger partial charge in [-0.2, -0.15) is 0 Å². The zero-order valence-corrected chi connectivity index (χ0v) is 18.0. The summed E-state index contributed by atoms with van der Waals surface area (Å²) >= 11 is 0. The van der Waals surface area contributed by atoms with Gasteiger partial charge in [0.15, 0.2) is 11.6 Å². The Balaban J connectivity index is 1.91. The Hall–Kier alpha value is -3.06. The highest BCUT2D eigenvalue weighted by Crippen LogP contribution is 2.44. The third kappa shape index (κ3) is 3.10. The van der Waals surface area contributed by atoms with Crippen LogP contribution in [-0.4, -0.2) is 75.4 Å². The summed E-state index contributed by atoms with van der Waals surface area (Å²) in [4.78, 5) is 33.5. The van der Waals surface area contributed by atoms with E-state index < -0.39 is 0 Å². The predicted octanol–water partition coefficient (Wildman–Crippen LogP) is 2.42. The number of phenolic OH excluding ortho intramolecular Hbond substituents is 1. The lowest BCUT2D eigenvalue weighted by Crippen LogP contribution is -2.45. The van der Waals surface area contributed by atoms with Crippen molar-refractivity contribution >= 4 is 28.6 Å². The number of nitrogens with zero attached hydrogens (tertiary/aromatic N) is 3. The Morgan fingerprint density at radius 3 is 2.37 bits per heavy atom. The molecule has 0 radical (unpaired) electrons. The van der Waals surface area contributed by atoms with E-state index in [9.17, 15) is 14.7 Å². The summed E-state index contributed by atoms with van der Waals surface area (Å²) in [5, 5.41) is 14.0. The molecule has 7 heteroatoms. The SMILES string of the molecule is CCNc1cc(O)c2c(c1N(C)C)C(=O)c1cccc(N3CCN(C)CC3)c1C2=O. The van der Waals surface area contributed by atoms with Crippen molar-refractivity contribution in [2.24, 2.45) is 0 Å². The maximum absolute atomic E-state index is 13.7. The Morgan fingerprint density at radius 1 is 1.03 bits per heavy atom. The summed E-state index contributed by atoms with van der Waals surface area (Å²) in [6, 6.07) is 7.00. The molecule has 1 aliphatic heterocycles. The van der Waals surface area contributed by atoms with E-state index in [-0.39, 0.29) is 28.4 Å². The molecule has 0 spiro atoms. The molecular formula is C23H28N4O3. The lowest BCUT2D eigenvalue weighted by molar-refractivity contribution is 0.0977. The highest BCUT2D eigenvalue weighted by molar-refractivity contribution is 6.33. The average molecular weight is 409 g/mol. The van der Waals surface area contributed by atoms with Crippen molar-refractivity contribution in [2.75, 3.05) is 69.0 Å². The topological polar surface area (TPSA) is 76.1 Å². The molecule has 1 saturated heterocycles. The first-order valence-electron chi connectivity index (χ1n) is 10.3. The van der Waals surface area contributed by atoms with E-state index in [2.05, 4.69) is 22.2 Å². The number of likely N-dealkylation sites (N-methyl/N-ethyl adjacent to an activating group) is 1. The minimum Gasteiger partial charge on any atom is -0.507 e. The molecule has 0 saturated carbocycles. The Morgan fingerprint density at radius 2 is 1.73 bits per heavy atom. The van der Waals surface area contributed by atoms with Crippen molar-refractivity contribution in [1.29, 1.82) is 0 Å². The zero-order valence-electron chi connectivity index (χ0n) is 18.0. The summed E-state index contributed by atoms with van der Waals surface area (Å²) in [5.74, 6) is -0.684. The standard InChI is InChI=1S/C23H28N4O3/c1-5-24-15-13-17(28)19-20(21(15)25(2)3)22(29)14-7-6-8-16(18(14)23(19)30)27-11-9-26(4)10-12-27/h6-8,13,24,28H,5,9-12H2,1-4H3. The molecule has 7 nitrogen and oxygen atoms in total. The first kappa shape index (κ1) is 20.2. The third-order valence-corrected chi connectivity index (χ3v) is 5.91. The van der Waals surface area contributed by atoms with Gasteiger partial charge in [0.05, 0.1) is 28.1 Å².